The third-order valence-electron chi connectivity index (χ3n) is 8.67. The van der Waals surface area contributed by atoms with Crippen molar-refractivity contribution in [3.8, 4) is 21.8 Å². The molecule has 1 aliphatic carbocycles. The van der Waals surface area contributed by atoms with E-state index < -0.39 is 0 Å². The second-order valence-corrected chi connectivity index (χ2v) is 13.2. The minimum atomic E-state index is -0.200. The summed E-state index contributed by atoms with van der Waals surface area (Å²) in [7, 11) is 2.20. The van der Waals surface area contributed by atoms with E-state index in [2.05, 4.69) is 67.9 Å². The number of para-hydroxylation sites is 2. The highest BCUT2D eigenvalue weighted by Gasteiger charge is 2.26. The molecule has 1 saturated heterocycles. The number of hydrogen-bond donors (Lipinski definition) is 3. The molecule has 7 rings (SSSR count). The van der Waals surface area contributed by atoms with Crippen molar-refractivity contribution in [3.05, 3.63) is 112 Å². The lowest BCUT2D eigenvalue weighted by molar-refractivity contribution is 0.148. The fraction of sp³-hybridized carbons (Fsp3) is 0.270. The van der Waals surface area contributed by atoms with E-state index in [1.165, 1.54) is 28.3 Å². The van der Waals surface area contributed by atoms with Crippen LogP contribution in [0.5, 0.6) is 0 Å². The van der Waals surface area contributed by atoms with Gasteiger partial charge >= 0.3 is 6.03 Å². The number of nitrogens with one attached hydrogen (secondary N) is 3. The molecule has 0 unspecified atom stereocenters. The van der Waals surface area contributed by atoms with E-state index >= 15 is 0 Å². The van der Waals surface area contributed by atoms with Gasteiger partial charge in [-0.15, -0.1) is 11.3 Å². The van der Waals surface area contributed by atoms with Crippen LogP contribution in [0.3, 0.4) is 0 Å². The Morgan fingerprint density at radius 1 is 0.979 bits per heavy atom. The third-order valence-corrected chi connectivity index (χ3v) is 9.77. The fourth-order valence-corrected chi connectivity index (χ4v) is 6.90. The molecule has 9 nitrogen and oxygen atoms in total. The molecule has 1 aliphatic heterocycles. The summed E-state index contributed by atoms with van der Waals surface area (Å²) >= 11 is 1.69. The van der Waals surface area contributed by atoms with Crippen LogP contribution in [0.4, 0.5) is 16.2 Å². The average Bonchev–Trinajstić information content (AvgIpc) is 3.79. The van der Waals surface area contributed by atoms with Crippen LogP contribution < -0.4 is 10.6 Å². The van der Waals surface area contributed by atoms with Crippen molar-refractivity contribution in [1.29, 1.82) is 0 Å². The molecule has 0 spiro atoms. The van der Waals surface area contributed by atoms with E-state index in [-0.39, 0.29) is 6.03 Å². The summed E-state index contributed by atoms with van der Waals surface area (Å²) < 4.78 is 0. The summed E-state index contributed by atoms with van der Waals surface area (Å²) in [4.78, 5) is 32.9. The third kappa shape index (κ3) is 7.76. The number of H-pyrrole nitrogens is 1. The van der Waals surface area contributed by atoms with Crippen molar-refractivity contribution in [2.24, 2.45) is 4.99 Å². The number of aromatic amines is 1. The number of fused-ring (bicyclic) bond motifs is 3. The first-order valence-corrected chi connectivity index (χ1v) is 16.6. The van der Waals surface area contributed by atoms with Crippen molar-refractivity contribution in [3.63, 3.8) is 0 Å². The number of likely N-dealkylation sites (N-methyl/N-ethyl adjacent to an activating group) is 1. The molecule has 2 amide bonds. The first kappa shape index (κ1) is 32.1. The van der Waals surface area contributed by atoms with Crippen LogP contribution in [0.15, 0.2) is 83.9 Å². The van der Waals surface area contributed by atoms with Crippen molar-refractivity contribution in [2.45, 2.75) is 33.4 Å². The quantitative estimate of drug-likeness (QED) is 0.128. The molecular weight excluding hydrogens is 607 g/mol. The number of rotatable bonds is 7. The Bertz CT molecular complexity index is 1920. The van der Waals surface area contributed by atoms with Crippen molar-refractivity contribution >= 4 is 34.8 Å². The van der Waals surface area contributed by atoms with Gasteiger partial charge in [-0.1, -0.05) is 54.6 Å². The number of piperazine rings is 1. The Morgan fingerprint density at radius 3 is 2.51 bits per heavy atom. The second-order valence-electron chi connectivity index (χ2n) is 12.1. The maximum atomic E-state index is 12.4. The Labute approximate surface area is 279 Å². The lowest BCUT2D eigenvalue weighted by Gasteiger charge is -2.32. The molecule has 5 aromatic rings. The van der Waals surface area contributed by atoms with Crippen molar-refractivity contribution < 1.29 is 9.59 Å². The van der Waals surface area contributed by atoms with Crippen LogP contribution >= 0.6 is 11.3 Å². The van der Waals surface area contributed by atoms with Crippen LogP contribution in [0, 0.1) is 13.8 Å². The van der Waals surface area contributed by atoms with E-state index in [4.69, 9.17) is 5.10 Å². The van der Waals surface area contributed by atoms with Gasteiger partial charge < -0.3 is 15.5 Å². The first-order chi connectivity index (χ1) is 22.9. The summed E-state index contributed by atoms with van der Waals surface area (Å²) in [6.07, 6.45) is 2.40. The molecule has 3 aromatic carbocycles. The van der Waals surface area contributed by atoms with Gasteiger partial charge in [0.1, 0.15) is 0 Å². The van der Waals surface area contributed by atoms with Gasteiger partial charge in [0.05, 0.1) is 28.5 Å². The minimum Gasteiger partial charge on any atom is -0.333 e. The standard InChI is InChI=1S/C29H32N6OS.C8H7NO/c1-19-5-3-4-6-25(19)31-29(36)30-17-22-8-10-26(37-22)28-24-16-21-15-20(7-9-23(21)27(24)32-33-28)18-35-13-11-34(2)12-14-35;1-7-4-2-3-5-8(7)9-6-10/h3-10,15H,11-14,16-18H2,1-2H3,(H,32,33)(H2,30,31,36);2-5H,1H3. The molecule has 2 aromatic heterocycles. The number of thiophene rings is 1. The number of benzene rings is 3. The maximum absolute atomic E-state index is 12.4. The van der Waals surface area contributed by atoms with E-state index in [1.54, 1.807) is 17.4 Å². The fourth-order valence-electron chi connectivity index (χ4n) is 5.93. The number of isocyanates is 1. The van der Waals surface area contributed by atoms with E-state index in [1.807, 2.05) is 56.3 Å². The second kappa shape index (κ2) is 14.7. The average molecular weight is 646 g/mol. The minimum absolute atomic E-state index is 0.200. The highest BCUT2D eigenvalue weighted by Crippen LogP contribution is 2.42. The molecule has 0 bridgehead atoms. The number of anilines is 1. The van der Waals surface area contributed by atoms with Crippen LogP contribution in [0.25, 0.3) is 21.8 Å². The largest absolute Gasteiger partial charge is 0.333 e. The van der Waals surface area contributed by atoms with Gasteiger partial charge in [-0.2, -0.15) is 10.1 Å². The molecule has 3 heterocycles. The number of amides is 2. The lowest BCUT2D eigenvalue weighted by atomic mass is 10.0. The smallest absolute Gasteiger partial charge is 0.319 e. The van der Waals surface area contributed by atoms with Gasteiger partial charge in [0.25, 0.3) is 0 Å². The van der Waals surface area contributed by atoms with Gasteiger partial charge in [0.2, 0.25) is 6.08 Å². The number of urea groups is 1. The zero-order valence-corrected chi connectivity index (χ0v) is 27.8. The van der Waals surface area contributed by atoms with Crippen LogP contribution in [-0.4, -0.2) is 65.3 Å². The number of nitrogens with zero attached hydrogens (tertiary/aromatic N) is 4. The summed E-state index contributed by atoms with van der Waals surface area (Å²) in [5.74, 6) is 0. The number of aromatic nitrogens is 2. The Kier molecular flexibility index (Phi) is 10.0. The van der Waals surface area contributed by atoms with E-state index in [9.17, 15) is 9.59 Å². The summed E-state index contributed by atoms with van der Waals surface area (Å²) in [6.45, 7) is 9.90. The van der Waals surface area contributed by atoms with Crippen molar-refractivity contribution in [1.82, 2.24) is 25.3 Å². The Balaban J connectivity index is 0.000000332. The molecule has 2 aliphatic rings. The number of hydrogen-bond acceptors (Lipinski definition) is 7. The van der Waals surface area contributed by atoms with E-state index in [0.29, 0.717) is 12.2 Å². The highest BCUT2D eigenvalue weighted by molar-refractivity contribution is 7.15. The number of aliphatic imine (C=N–C) groups is 1. The van der Waals surface area contributed by atoms with Crippen LogP contribution in [0.2, 0.25) is 0 Å². The van der Waals surface area contributed by atoms with E-state index in [0.717, 1.165) is 77.1 Å². The van der Waals surface area contributed by atoms with Crippen LogP contribution in [0.1, 0.15) is 32.7 Å². The highest BCUT2D eigenvalue weighted by atomic mass is 32.1. The summed E-state index contributed by atoms with van der Waals surface area (Å²) in [6, 6.07) is 26.1. The lowest BCUT2D eigenvalue weighted by Crippen LogP contribution is -2.43. The number of aryl methyl sites for hydroxylation is 2. The zero-order chi connectivity index (χ0) is 32.8. The molecule has 3 N–H and O–H groups in total. The van der Waals surface area contributed by atoms with Crippen LogP contribution in [-0.2, 0) is 24.3 Å². The molecule has 0 atom stereocenters. The Morgan fingerprint density at radius 2 is 1.74 bits per heavy atom. The molecule has 10 heteroatoms. The Hall–Kier alpha value is -4.86. The van der Waals surface area contributed by atoms with Gasteiger partial charge in [0, 0.05) is 60.8 Å². The summed E-state index contributed by atoms with van der Waals surface area (Å²) in [5, 5.41) is 13.9. The van der Waals surface area contributed by atoms with Gasteiger partial charge in [-0.05, 0) is 67.4 Å². The molecular formula is C37H39N7O2S. The SMILES string of the molecule is Cc1ccccc1N=C=O.Cc1ccccc1NC(=O)NCc1ccc(-c2[nH]nc3c2Cc2cc(CN4CCN(C)CC4)ccc2-3)s1. The first-order valence-electron chi connectivity index (χ1n) is 15.8. The molecule has 0 radical (unpaired) electrons. The molecule has 1 fully saturated rings. The normalized spacial score (nSPS) is 13.9. The monoisotopic (exact) mass is 645 g/mol. The molecule has 0 saturated carbocycles. The zero-order valence-electron chi connectivity index (χ0n) is 27.0. The predicted molar refractivity (Wildman–Crippen MR) is 189 cm³/mol. The van der Waals surface area contributed by atoms with Gasteiger partial charge in [0.15, 0.2) is 0 Å². The topological polar surface area (TPSA) is 106 Å². The predicted octanol–water partition coefficient (Wildman–Crippen LogP) is 7.05. The van der Waals surface area contributed by atoms with Gasteiger partial charge in [-0.3, -0.25) is 10.00 Å². The molecule has 47 heavy (non-hydrogen) atoms. The van der Waals surface area contributed by atoms with Gasteiger partial charge in [-0.25, -0.2) is 9.59 Å². The van der Waals surface area contributed by atoms with Crippen molar-refractivity contribution in [2.75, 3.05) is 38.5 Å². The molecule has 240 valence electrons. The maximum Gasteiger partial charge on any atom is 0.319 e. The summed E-state index contributed by atoms with van der Waals surface area (Å²) in [5.41, 5.74) is 11.0. The number of carbonyl (C=O) groups excluding carboxylic acids is 2. The number of carbonyl (C=O) groups is 1.